The molecule has 1 N–H and O–H groups in total. The minimum atomic E-state index is -4.63. The molecule has 3 heterocycles. The molecule has 10 heteroatoms. The third-order valence-electron chi connectivity index (χ3n) is 5.69. The Morgan fingerprint density at radius 2 is 1.91 bits per heavy atom. The van der Waals surface area contributed by atoms with E-state index in [-0.39, 0.29) is 23.4 Å². The van der Waals surface area contributed by atoms with Gasteiger partial charge >= 0.3 is 6.18 Å². The lowest BCUT2D eigenvalue weighted by Gasteiger charge is -2.39. The first-order valence-corrected chi connectivity index (χ1v) is 9.96. The predicted molar refractivity (Wildman–Crippen MR) is 110 cm³/mol. The molecular formula is C22H21F3N4O3. The molecule has 168 valence electrons. The van der Waals surface area contributed by atoms with E-state index in [1.54, 1.807) is 31.5 Å². The van der Waals surface area contributed by atoms with Crippen LogP contribution in [0.3, 0.4) is 0 Å². The van der Waals surface area contributed by atoms with Gasteiger partial charge < -0.3 is 19.1 Å². The number of pyridine rings is 1. The first kappa shape index (κ1) is 21.7. The Hall–Kier alpha value is -3.56. The molecule has 32 heavy (non-hydrogen) atoms. The Kier molecular flexibility index (Phi) is 5.10. The van der Waals surface area contributed by atoms with Crippen molar-refractivity contribution in [3.05, 3.63) is 75.7 Å². The molecule has 1 aliphatic rings. The van der Waals surface area contributed by atoms with Gasteiger partial charge in [0.2, 0.25) is 0 Å². The van der Waals surface area contributed by atoms with Gasteiger partial charge in [0.15, 0.2) is 0 Å². The average Bonchev–Trinajstić information content (AvgIpc) is 3.13. The molecule has 0 fully saturated rings. The number of aromatic nitrogens is 3. The second-order valence-electron chi connectivity index (χ2n) is 7.99. The molecule has 0 bridgehead atoms. The van der Waals surface area contributed by atoms with Gasteiger partial charge in [-0.2, -0.15) is 13.2 Å². The summed E-state index contributed by atoms with van der Waals surface area (Å²) in [6, 6.07) is 4.62. The summed E-state index contributed by atoms with van der Waals surface area (Å²) < 4.78 is 42.5. The van der Waals surface area contributed by atoms with Gasteiger partial charge in [-0.3, -0.25) is 9.59 Å². The van der Waals surface area contributed by atoms with Crippen LogP contribution in [0.25, 0.3) is 5.69 Å². The smallest absolute Gasteiger partial charge is 0.416 e. The number of aromatic hydroxyl groups is 1. The van der Waals surface area contributed by atoms with Gasteiger partial charge in [0, 0.05) is 18.8 Å². The Bertz CT molecular complexity index is 1260. The third-order valence-corrected chi connectivity index (χ3v) is 5.69. The number of fused-ring (bicyclic) bond motifs is 1. The number of imidazole rings is 1. The van der Waals surface area contributed by atoms with Crippen molar-refractivity contribution in [2.45, 2.75) is 45.6 Å². The summed E-state index contributed by atoms with van der Waals surface area (Å²) in [4.78, 5) is 31.9. The lowest BCUT2D eigenvalue weighted by molar-refractivity contribution is -0.137. The normalized spacial score (nSPS) is 17.4. The summed E-state index contributed by atoms with van der Waals surface area (Å²) in [5, 5.41) is 9.81. The zero-order valence-electron chi connectivity index (χ0n) is 17.6. The van der Waals surface area contributed by atoms with Gasteiger partial charge in [0.1, 0.15) is 17.1 Å². The van der Waals surface area contributed by atoms with Gasteiger partial charge in [-0.15, -0.1) is 0 Å². The number of phenolic OH excluding ortho intramolecular Hbond substituents is 1. The van der Waals surface area contributed by atoms with E-state index in [2.05, 4.69) is 4.98 Å². The van der Waals surface area contributed by atoms with Crippen molar-refractivity contribution in [1.82, 2.24) is 19.0 Å². The Morgan fingerprint density at radius 3 is 2.53 bits per heavy atom. The molecule has 1 aromatic carbocycles. The zero-order valence-corrected chi connectivity index (χ0v) is 17.6. The van der Waals surface area contributed by atoms with Crippen LogP contribution in [0.1, 0.15) is 47.2 Å². The van der Waals surface area contributed by atoms with Crippen molar-refractivity contribution in [2.24, 2.45) is 0 Å². The van der Waals surface area contributed by atoms with Crippen LogP contribution in [-0.4, -0.2) is 36.1 Å². The van der Waals surface area contributed by atoms with Gasteiger partial charge in [-0.1, -0.05) is 0 Å². The Morgan fingerprint density at radius 1 is 1.19 bits per heavy atom. The summed E-state index contributed by atoms with van der Waals surface area (Å²) in [6.45, 7) is 5.30. The number of benzene rings is 1. The first-order valence-electron chi connectivity index (χ1n) is 9.96. The minimum absolute atomic E-state index is 0.150. The number of rotatable bonds is 3. The molecule has 1 aliphatic heterocycles. The quantitative estimate of drug-likeness (QED) is 0.666. The zero-order chi connectivity index (χ0) is 23.4. The number of amides is 1. The molecule has 0 saturated heterocycles. The molecule has 2 aromatic heterocycles. The van der Waals surface area contributed by atoms with E-state index < -0.39 is 35.5 Å². The summed E-state index contributed by atoms with van der Waals surface area (Å²) in [6.07, 6.45) is -1.42. The number of alkyl halides is 3. The Labute approximate surface area is 181 Å². The van der Waals surface area contributed by atoms with Crippen LogP contribution < -0.4 is 5.56 Å². The minimum Gasteiger partial charge on any atom is -0.508 e. The topological polar surface area (TPSA) is 80.4 Å². The highest BCUT2D eigenvalue weighted by Gasteiger charge is 2.36. The first-order chi connectivity index (χ1) is 15.0. The van der Waals surface area contributed by atoms with E-state index >= 15 is 0 Å². The second-order valence-corrected chi connectivity index (χ2v) is 7.99. The number of hydrogen-bond acceptors (Lipinski definition) is 4. The van der Waals surface area contributed by atoms with Crippen molar-refractivity contribution in [3.8, 4) is 11.4 Å². The highest BCUT2D eigenvalue weighted by Crippen LogP contribution is 2.36. The van der Waals surface area contributed by atoms with Crippen LogP contribution >= 0.6 is 0 Å². The number of nitrogens with zero attached hydrogens (tertiary/aromatic N) is 4. The van der Waals surface area contributed by atoms with Crippen molar-refractivity contribution in [2.75, 3.05) is 0 Å². The van der Waals surface area contributed by atoms with E-state index in [4.69, 9.17) is 0 Å². The molecule has 4 rings (SSSR count). The van der Waals surface area contributed by atoms with E-state index in [1.807, 2.05) is 0 Å². The number of phenols is 1. The predicted octanol–water partition coefficient (Wildman–Crippen LogP) is 3.67. The van der Waals surface area contributed by atoms with Crippen LogP contribution in [0.4, 0.5) is 13.2 Å². The van der Waals surface area contributed by atoms with E-state index in [0.717, 1.165) is 11.8 Å². The van der Waals surface area contributed by atoms with Crippen molar-refractivity contribution in [3.63, 3.8) is 0 Å². The molecule has 0 aliphatic carbocycles. The maximum atomic E-state index is 13.3. The average molecular weight is 446 g/mol. The van der Waals surface area contributed by atoms with Crippen LogP contribution in [0, 0.1) is 6.92 Å². The van der Waals surface area contributed by atoms with E-state index in [0.29, 0.717) is 11.8 Å². The van der Waals surface area contributed by atoms with Crippen molar-refractivity contribution in [1.29, 1.82) is 0 Å². The van der Waals surface area contributed by atoms with Crippen LogP contribution in [0.2, 0.25) is 0 Å². The number of halogens is 3. The molecule has 2 atom stereocenters. The maximum absolute atomic E-state index is 13.3. The highest BCUT2D eigenvalue weighted by molar-refractivity contribution is 5.94. The van der Waals surface area contributed by atoms with E-state index in [1.165, 1.54) is 34.0 Å². The SMILES string of the molecule is Cc1cn(-c2ccc3n(c2=O)C[C@@H](C)N([C@@H](C)c2cc(O)cc(C(F)(F)F)c2)C3=O)cn1. The third kappa shape index (κ3) is 3.65. The molecule has 0 spiro atoms. The van der Waals surface area contributed by atoms with Crippen LogP contribution in [0.5, 0.6) is 5.75 Å². The molecule has 1 amide bonds. The fraction of sp³-hybridized carbons (Fsp3) is 0.318. The highest BCUT2D eigenvalue weighted by atomic mass is 19.4. The lowest BCUT2D eigenvalue weighted by atomic mass is 9.99. The molecular weight excluding hydrogens is 425 g/mol. The van der Waals surface area contributed by atoms with Gasteiger partial charge in [0.05, 0.1) is 23.6 Å². The molecule has 0 radical (unpaired) electrons. The monoisotopic (exact) mass is 446 g/mol. The summed E-state index contributed by atoms with van der Waals surface area (Å²) in [7, 11) is 0. The molecule has 0 saturated carbocycles. The van der Waals surface area contributed by atoms with Gasteiger partial charge in [-0.05, 0) is 56.7 Å². The number of aryl methyl sites for hydroxylation is 1. The van der Waals surface area contributed by atoms with E-state index in [9.17, 15) is 27.9 Å². The fourth-order valence-electron chi connectivity index (χ4n) is 4.13. The van der Waals surface area contributed by atoms with Crippen molar-refractivity contribution < 1.29 is 23.1 Å². The van der Waals surface area contributed by atoms with Gasteiger partial charge in [0.25, 0.3) is 11.5 Å². The summed E-state index contributed by atoms with van der Waals surface area (Å²) in [5.74, 6) is -1.01. The second kappa shape index (κ2) is 7.54. The lowest BCUT2D eigenvalue weighted by Crippen LogP contribution is -2.50. The molecule has 7 nitrogen and oxygen atoms in total. The molecule has 0 unspecified atom stereocenters. The van der Waals surface area contributed by atoms with Crippen LogP contribution in [-0.2, 0) is 12.7 Å². The maximum Gasteiger partial charge on any atom is 0.416 e. The number of carbonyl (C=O) groups excluding carboxylic acids is 1. The van der Waals surface area contributed by atoms with Crippen LogP contribution in [0.15, 0.2) is 47.7 Å². The molecule has 3 aromatic rings. The summed E-state index contributed by atoms with van der Waals surface area (Å²) in [5.41, 5.74) is 0.0348. The summed E-state index contributed by atoms with van der Waals surface area (Å²) >= 11 is 0. The van der Waals surface area contributed by atoms with Gasteiger partial charge in [-0.25, -0.2) is 4.98 Å². The standard InChI is InChI=1S/C22H21F3N4O3/c1-12-9-27(11-26-12)18-4-5-19-21(32)29(13(2)10-28(19)20(18)31)14(3)15-6-16(22(23,24)25)8-17(30)7-15/h4-9,11,13-14,30H,10H2,1-3H3/t13-,14+/m1/s1. The Balaban J connectivity index is 1.73. The fourth-order valence-corrected chi connectivity index (χ4v) is 4.13. The number of hydrogen-bond donors (Lipinski definition) is 1. The van der Waals surface area contributed by atoms with Crippen molar-refractivity contribution >= 4 is 5.91 Å². The number of carbonyl (C=O) groups is 1. The largest absolute Gasteiger partial charge is 0.508 e.